The molecule has 41 heavy (non-hydrogen) atoms. The molecule has 1 aliphatic rings. The number of furan rings is 1. The Bertz CT molecular complexity index is 1530. The first-order chi connectivity index (χ1) is 19.6. The molecule has 216 valence electrons. The van der Waals surface area contributed by atoms with Gasteiger partial charge in [-0.15, -0.1) is 0 Å². The molecule has 0 bridgehead atoms. The number of imidazole rings is 1. The fourth-order valence-electron chi connectivity index (χ4n) is 4.74. The zero-order valence-corrected chi connectivity index (χ0v) is 24.3. The van der Waals surface area contributed by atoms with Crippen LogP contribution in [0.4, 0.5) is 10.5 Å². The summed E-state index contributed by atoms with van der Waals surface area (Å²) < 4.78 is 18.5. The van der Waals surface area contributed by atoms with Gasteiger partial charge >= 0.3 is 6.09 Å². The molecule has 5 rings (SSSR count). The highest BCUT2D eigenvalue weighted by Gasteiger charge is 2.25. The fraction of sp³-hybridized carbons (Fsp3) is 0.367. The number of rotatable bonds is 7. The molecule has 2 aromatic carbocycles. The van der Waals surface area contributed by atoms with Crippen molar-refractivity contribution >= 4 is 40.3 Å². The summed E-state index contributed by atoms with van der Waals surface area (Å²) in [7, 11) is 1.88. The number of nitrogens with one attached hydrogen (secondary N) is 2. The molecular weight excluding hydrogens is 546 g/mol. The Labute approximate surface area is 243 Å². The quantitative estimate of drug-likeness (QED) is 0.305. The number of halogens is 1. The summed E-state index contributed by atoms with van der Waals surface area (Å²) in [5.74, 6) is 0.228. The number of amides is 2. The Morgan fingerprint density at radius 3 is 2.54 bits per heavy atom. The predicted octanol–water partition coefficient (Wildman–Crippen LogP) is 5.32. The molecule has 1 fully saturated rings. The maximum Gasteiger partial charge on any atom is 0.407 e. The summed E-state index contributed by atoms with van der Waals surface area (Å²) in [5, 5.41) is 6.98. The molecule has 1 saturated heterocycles. The number of ether oxygens (including phenoxy) is 2. The van der Waals surface area contributed by atoms with Crippen molar-refractivity contribution in [2.75, 3.05) is 37.7 Å². The highest BCUT2D eigenvalue weighted by atomic mass is 35.5. The van der Waals surface area contributed by atoms with E-state index in [0.29, 0.717) is 21.8 Å². The van der Waals surface area contributed by atoms with Crippen molar-refractivity contribution in [3.63, 3.8) is 0 Å². The summed E-state index contributed by atoms with van der Waals surface area (Å²) in [6.45, 7) is 8.57. The van der Waals surface area contributed by atoms with E-state index in [2.05, 4.69) is 44.8 Å². The summed E-state index contributed by atoms with van der Waals surface area (Å²) in [4.78, 5) is 32.7. The van der Waals surface area contributed by atoms with Crippen LogP contribution in [0.2, 0.25) is 5.02 Å². The van der Waals surface area contributed by atoms with Crippen molar-refractivity contribution in [1.29, 1.82) is 0 Å². The summed E-state index contributed by atoms with van der Waals surface area (Å²) >= 11 is 6.09. The molecule has 10 nitrogen and oxygen atoms in total. The van der Waals surface area contributed by atoms with E-state index in [0.717, 1.165) is 43.2 Å². The number of alkyl carbamates (subject to hydrolysis) is 1. The average Bonchev–Trinajstić information content (AvgIpc) is 3.54. The normalized spacial score (nSPS) is 14.6. The molecule has 2 aromatic heterocycles. The standard InChI is InChI=1S/C30H34ClN5O5/c1-30(2,3)41-29(38)33-17-23(34-28(37)26-16-20-15-21(31)7-10-25(20)40-26)27-32-18-24(35(27)4)19-5-8-22(9-6-19)36-11-13-39-14-12-36/h5-10,15-16,18,23H,11-14,17H2,1-4H3,(H,33,38)(H,34,37)/t23-/m0/s1. The maximum atomic E-state index is 13.3. The number of aromatic nitrogens is 2. The third-order valence-corrected chi connectivity index (χ3v) is 6.97. The SMILES string of the molecule is Cn1c(-c2ccc(N3CCOCC3)cc2)cnc1[C@H](CNC(=O)OC(C)(C)C)NC(=O)c1cc2cc(Cl)ccc2o1. The van der Waals surface area contributed by atoms with Crippen LogP contribution in [0.1, 0.15) is 43.2 Å². The predicted molar refractivity (Wildman–Crippen MR) is 157 cm³/mol. The lowest BCUT2D eigenvalue weighted by Gasteiger charge is -2.28. The van der Waals surface area contributed by atoms with Crippen molar-refractivity contribution in [2.24, 2.45) is 7.05 Å². The van der Waals surface area contributed by atoms with Crippen molar-refractivity contribution in [2.45, 2.75) is 32.4 Å². The lowest BCUT2D eigenvalue weighted by atomic mass is 10.1. The van der Waals surface area contributed by atoms with Gasteiger partial charge in [-0.1, -0.05) is 23.7 Å². The second-order valence-corrected chi connectivity index (χ2v) is 11.3. The fourth-order valence-corrected chi connectivity index (χ4v) is 4.92. The van der Waals surface area contributed by atoms with Gasteiger partial charge in [-0.3, -0.25) is 4.79 Å². The number of hydrogen-bond donors (Lipinski definition) is 2. The van der Waals surface area contributed by atoms with E-state index in [-0.39, 0.29) is 12.3 Å². The number of nitrogens with zero attached hydrogens (tertiary/aromatic N) is 3. The second kappa shape index (κ2) is 11.8. The van der Waals surface area contributed by atoms with Crippen molar-refractivity contribution in [3.05, 3.63) is 71.3 Å². The van der Waals surface area contributed by atoms with Crippen LogP contribution < -0.4 is 15.5 Å². The summed E-state index contributed by atoms with van der Waals surface area (Å²) in [6.07, 6.45) is 1.16. The van der Waals surface area contributed by atoms with E-state index < -0.39 is 23.6 Å². The third kappa shape index (κ3) is 6.83. The number of carbonyl (C=O) groups is 2. The average molecular weight is 580 g/mol. The van der Waals surface area contributed by atoms with Gasteiger partial charge in [0.2, 0.25) is 0 Å². The minimum atomic E-state index is -0.682. The molecule has 0 unspecified atom stereocenters. The lowest BCUT2D eigenvalue weighted by molar-refractivity contribution is 0.0518. The van der Waals surface area contributed by atoms with E-state index in [9.17, 15) is 9.59 Å². The van der Waals surface area contributed by atoms with Gasteiger partial charge in [-0.05, 0) is 62.7 Å². The van der Waals surface area contributed by atoms with Gasteiger partial charge in [-0.25, -0.2) is 9.78 Å². The number of benzene rings is 2. The van der Waals surface area contributed by atoms with Gasteiger partial charge in [0.05, 0.1) is 25.1 Å². The molecule has 11 heteroatoms. The van der Waals surface area contributed by atoms with Crippen LogP contribution in [0, 0.1) is 0 Å². The second-order valence-electron chi connectivity index (χ2n) is 10.9. The Morgan fingerprint density at radius 1 is 1.10 bits per heavy atom. The number of anilines is 1. The van der Waals surface area contributed by atoms with Gasteiger partial charge in [0.15, 0.2) is 5.76 Å². The van der Waals surface area contributed by atoms with Crippen LogP contribution in [-0.2, 0) is 16.5 Å². The summed E-state index contributed by atoms with van der Waals surface area (Å²) in [6, 6.07) is 14.4. The molecule has 0 aliphatic carbocycles. The van der Waals surface area contributed by atoms with E-state index in [4.69, 9.17) is 25.5 Å². The molecule has 0 radical (unpaired) electrons. The molecule has 2 amide bonds. The van der Waals surface area contributed by atoms with Gasteiger partial charge < -0.3 is 34.0 Å². The largest absolute Gasteiger partial charge is 0.451 e. The molecule has 4 aromatic rings. The first kappa shape index (κ1) is 28.5. The van der Waals surface area contributed by atoms with E-state index in [1.165, 1.54) is 0 Å². The van der Waals surface area contributed by atoms with Crippen molar-refractivity contribution in [3.8, 4) is 11.3 Å². The van der Waals surface area contributed by atoms with Crippen molar-refractivity contribution < 1.29 is 23.5 Å². The van der Waals surface area contributed by atoms with Crippen LogP contribution in [0.5, 0.6) is 0 Å². The highest BCUT2D eigenvalue weighted by Crippen LogP contribution is 2.27. The zero-order chi connectivity index (χ0) is 29.1. The lowest BCUT2D eigenvalue weighted by Crippen LogP contribution is -2.41. The molecular formula is C30H34ClN5O5. The Balaban J connectivity index is 1.38. The Kier molecular flexibility index (Phi) is 8.23. The smallest absolute Gasteiger partial charge is 0.407 e. The van der Waals surface area contributed by atoms with Gasteiger partial charge in [0.25, 0.3) is 5.91 Å². The Morgan fingerprint density at radius 2 is 1.83 bits per heavy atom. The molecule has 1 atom stereocenters. The van der Waals surface area contributed by atoms with E-state index in [1.54, 1.807) is 51.2 Å². The van der Waals surface area contributed by atoms with Gasteiger partial charge in [0.1, 0.15) is 23.1 Å². The van der Waals surface area contributed by atoms with Gasteiger partial charge in [0, 0.05) is 42.8 Å². The molecule has 1 aliphatic heterocycles. The summed E-state index contributed by atoms with van der Waals surface area (Å²) in [5.41, 5.74) is 2.86. The highest BCUT2D eigenvalue weighted by molar-refractivity contribution is 6.31. The van der Waals surface area contributed by atoms with Crippen LogP contribution in [0.25, 0.3) is 22.2 Å². The zero-order valence-electron chi connectivity index (χ0n) is 23.6. The monoisotopic (exact) mass is 579 g/mol. The number of carbonyl (C=O) groups excluding carboxylic acids is 2. The Hall–Kier alpha value is -4.02. The molecule has 2 N–H and O–H groups in total. The van der Waals surface area contributed by atoms with Crippen LogP contribution in [-0.4, -0.2) is 60.0 Å². The first-order valence-corrected chi connectivity index (χ1v) is 13.9. The minimum absolute atomic E-state index is 0.0486. The molecule has 0 saturated carbocycles. The van der Waals surface area contributed by atoms with Crippen LogP contribution in [0.3, 0.4) is 0 Å². The van der Waals surface area contributed by atoms with Crippen molar-refractivity contribution in [1.82, 2.24) is 20.2 Å². The number of fused-ring (bicyclic) bond motifs is 1. The van der Waals surface area contributed by atoms with Crippen LogP contribution >= 0.6 is 11.6 Å². The first-order valence-electron chi connectivity index (χ1n) is 13.5. The third-order valence-electron chi connectivity index (χ3n) is 6.73. The number of morpholine rings is 1. The minimum Gasteiger partial charge on any atom is -0.451 e. The van der Waals surface area contributed by atoms with Gasteiger partial charge in [-0.2, -0.15) is 0 Å². The van der Waals surface area contributed by atoms with E-state index in [1.807, 2.05) is 11.6 Å². The topological polar surface area (TPSA) is 111 Å². The molecule has 3 heterocycles. The van der Waals surface area contributed by atoms with E-state index >= 15 is 0 Å². The molecule has 0 spiro atoms. The van der Waals surface area contributed by atoms with Crippen LogP contribution in [0.15, 0.2) is 59.1 Å². The maximum absolute atomic E-state index is 13.3. The number of hydrogen-bond acceptors (Lipinski definition) is 7.